The maximum atomic E-state index is 12.3. The Morgan fingerprint density at radius 2 is 2.00 bits per heavy atom. The molecule has 0 spiro atoms. The number of amides is 1. The number of aryl methyl sites for hydroxylation is 1. The standard InChI is InChI=1S/C15H15N5O/c1-2-9-20-15(17-18-19-20)16-14(21)13-8-7-11-5-3-4-6-12(11)10-13/h3-8,10H,2,9H2,1H3,(H,16,17,19,21). The Labute approximate surface area is 121 Å². The van der Waals surface area contributed by atoms with Gasteiger partial charge in [-0.15, -0.1) is 0 Å². The van der Waals surface area contributed by atoms with Crippen molar-refractivity contribution in [3.05, 3.63) is 48.0 Å². The molecule has 0 aliphatic rings. The fourth-order valence-corrected chi connectivity index (χ4v) is 2.16. The van der Waals surface area contributed by atoms with Gasteiger partial charge in [0.05, 0.1) is 0 Å². The van der Waals surface area contributed by atoms with Crippen molar-refractivity contribution in [3.8, 4) is 0 Å². The van der Waals surface area contributed by atoms with E-state index in [9.17, 15) is 4.79 Å². The van der Waals surface area contributed by atoms with Crippen LogP contribution < -0.4 is 5.32 Å². The SMILES string of the molecule is CCCn1nnnc1NC(=O)c1ccc2ccccc2c1. The summed E-state index contributed by atoms with van der Waals surface area (Å²) in [5, 5.41) is 16.1. The molecular weight excluding hydrogens is 266 g/mol. The first-order chi connectivity index (χ1) is 10.3. The van der Waals surface area contributed by atoms with Gasteiger partial charge in [-0.05, 0) is 39.8 Å². The number of carbonyl (C=O) groups is 1. The summed E-state index contributed by atoms with van der Waals surface area (Å²) >= 11 is 0. The number of hydrogen-bond acceptors (Lipinski definition) is 4. The van der Waals surface area contributed by atoms with Crippen molar-refractivity contribution in [3.63, 3.8) is 0 Å². The van der Waals surface area contributed by atoms with Gasteiger partial charge in [0.25, 0.3) is 5.91 Å². The maximum Gasteiger partial charge on any atom is 0.258 e. The van der Waals surface area contributed by atoms with E-state index in [4.69, 9.17) is 0 Å². The van der Waals surface area contributed by atoms with E-state index in [1.807, 2.05) is 43.3 Å². The van der Waals surface area contributed by atoms with Crippen LogP contribution >= 0.6 is 0 Å². The molecule has 0 aliphatic heterocycles. The number of benzene rings is 2. The molecule has 21 heavy (non-hydrogen) atoms. The van der Waals surface area contributed by atoms with Gasteiger partial charge in [0.1, 0.15) is 0 Å². The lowest BCUT2D eigenvalue weighted by molar-refractivity contribution is 0.102. The summed E-state index contributed by atoms with van der Waals surface area (Å²) in [6.07, 6.45) is 0.893. The molecule has 106 valence electrons. The molecule has 2 aromatic carbocycles. The monoisotopic (exact) mass is 281 g/mol. The number of nitrogens with zero attached hydrogens (tertiary/aromatic N) is 4. The molecule has 0 unspecified atom stereocenters. The summed E-state index contributed by atoms with van der Waals surface area (Å²) in [6, 6.07) is 13.5. The van der Waals surface area contributed by atoms with Crippen LogP contribution in [0.3, 0.4) is 0 Å². The topological polar surface area (TPSA) is 72.7 Å². The Morgan fingerprint density at radius 1 is 1.19 bits per heavy atom. The molecule has 6 nitrogen and oxygen atoms in total. The maximum absolute atomic E-state index is 12.3. The van der Waals surface area contributed by atoms with Gasteiger partial charge in [-0.25, -0.2) is 4.68 Å². The number of hydrogen-bond donors (Lipinski definition) is 1. The first-order valence-electron chi connectivity index (χ1n) is 6.84. The third-order valence-corrected chi connectivity index (χ3v) is 3.20. The zero-order valence-electron chi connectivity index (χ0n) is 11.7. The Morgan fingerprint density at radius 3 is 2.81 bits per heavy atom. The first kappa shape index (κ1) is 13.2. The molecule has 3 rings (SSSR count). The second-order valence-electron chi connectivity index (χ2n) is 4.74. The molecule has 6 heteroatoms. The van der Waals surface area contributed by atoms with Crippen LogP contribution in [0, 0.1) is 0 Å². The van der Waals surface area contributed by atoms with Gasteiger partial charge >= 0.3 is 0 Å². The largest absolute Gasteiger partial charge is 0.289 e. The highest BCUT2D eigenvalue weighted by Crippen LogP contribution is 2.16. The Balaban J connectivity index is 1.84. The molecule has 1 aromatic heterocycles. The molecule has 1 N–H and O–H groups in total. The van der Waals surface area contributed by atoms with Crippen molar-refractivity contribution in [2.75, 3.05) is 5.32 Å². The van der Waals surface area contributed by atoms with Crippen LogP contribution in [-0.2, 0) is 6.54 Å². The quantitative estimate of drug-likeness (QED) is 0.797. The van der Waals surface area contributed by atoms with E-state index in [1.165, 1.54) is 0 Å². The average molecular weight is 281 g/mol. The minimum absolute atomic E-state index is 0.215. The minimum Gasteiger partial charge on any atom is -0.289 e. The van der Waals surface area contributed by atoms with Gasteiger partial charge in [0, 0.05) is 12.1 Å². The molecule has 1 heterocycles. The second-order valence-corrected chi connectivity index (χ2v) is 4.74. The van der Waals surface area contributed by atoms with Gasteiger partial charge in [-0.2, -0.15) is 0 Å². The van der Waals surface area contributed by atoms with Crippen molar-refractivity contribution in [2.24, 2.45) is 0 Å². The van der Waals surface area contributed by atoms with Crippen molar-refractivity contribution < 1.29 is 4.79 Å². The van der Waals surface area contributed by atoms with Gasteiger partial charge in [0.15, 0.2) is 0 Å². The lowest BCUT2D eigenvalue weighted by Gasteiger charge is -2.06. The summed E-state index contributed by atoms with van der Waals surface area (Å²) in [4.78, 5) is 12.3. The number of anilines is 1. The summed E-state index contributed by atoms with van der Waals surface area (Å²) in [7, 11) is 0. The lowest BCUT2D eigenvalue weighted by Crippen LogP contribution is -2.16. The molecule has 0 bridgehead atoms. The molecule has 3 aromatic rings. The molecule has 0 radical (unpaired) electrons. The molecule has 1 amide bonds. The molecular formula is C15H15N5O. The van der Waals surface area contributed by atoms with Crippen molar-refractivity contribution in [1.82, 2.24) is 20.2 Å². The smallest absolute Gasteiger partial charge is 0.258 e. The van der Waals surface area contributed by atoms with Crippen LogP contribution in [0.1, 0.15) is 23.7 Å². The van der Waals surface area contributed by atoms with Crippen molar-refractivity contribution >= 4 is 22.6 Å². The molecule has 0 atom stereocenters. The second kappa shape index (κ2) is 5.70. The van der Waals surface area contributed by atoms with Crippen LogP contribution in [-0.4, -0.2) is 26.1 Å². The number of rotatable bonds is 4. The van der Waals surface area contributed by atoms with Crippen molar-refractivity contribution in [2.45, 2.75) is 19.9 Å². The number of aromatic nitrogens is 4. The summed E-state index contributed by atoms with van der Waals surface area (Å²) in [5.74, 6) is 0.155. The third kappa shape index (κ3) is 2.74. The van der Waals surface area contributed by atoms with Crippen molar-refractivity contribution in [1.29, 1.82) is 0 Å². The first-order valence-corrected chi connectivity index (χ1v) is 6.84. The Hall–Kier alpha value is -2.76. The fourth-order valence-electron chi connectivity index (χ4n) is 2.16. The lowest BCUT2D eigenvalue weighted by atomic mass is 10.1. The Kier molecular flexibility index (Phi) is 3.59. The van der Waals surface area contributed by atoms with Gasteiger partial charge in [-0.1, -0.05) is 42.4 Å². The van der Waals surface area contributed by atoms with Gasteiger partial charge < -0.3 is 0 Å². The summed E-state index contributed by atoms with van der Waals surface area (Å²) in [6.45, 7) is 2.69. The number of carbonyl (C=O) groups excluding carboxylic acids is 1. The van der Waals surface area contributed by atoms with E-state index >= 15 is 0 Å². The van der Waals surface area contributed by atoms with E-state index in [-0.39, 0.29) is 5.91 Å². The number of tetrazole rings is 1. The highest BCUT2D eigenvalue weighted by atomic mass is 16.1. The average Bonchev–Trinajstić information content (AvgIpc) is 2.94. The van der Waals surface area contributed by atoms with E-state index in [1.54, 1.807) is 10.7 Å². The number of fused-ring (bicyclic) bond motifs is 1. The number of nitrogens with one attached hydrogen (secondary N) is 1. The zero-order chi connectivity index (χ0) is 14.7. The van der Waals surface area contributed by atoms with E-state index < -0.39 is 0 Å². The highest BCUT2D eigenvalue weighted by molar-refractivity contribution is 6.05. The van der Waals surface area contributed by atoms with Gasteiger partial charge in [-0.3, -0.25) is 10.1 Å². The van der Waals surface area contributed by atoms with E-state index in [0.717, 1.165) is 17.2 Å². The van der Waals surface area contributed by atoms with E-state index in [0.29, 0.717) is 18.1 Å². The van der Waals surface area contributed by atoms with Crippen LogP contribution in [0.15, 0.2) is 42.5 Å². The van der Waals surface area contributed by atoms with Crippen LogP contribution in [0.4, 0.5) is 5.95 Å². The van der Waals surface area contributed by atoms with Crippen LogP contribution in [0.2, 0.25) is 0 Å². The predicted molar refractivity (Wildman–Crippen MR) is 80.0 cm³/mol. The zero-order valence-corrected chi connectivity index (χ0v) is 11.7. The Bertz CT molecular complexity index is 780. The normalized spacial score (nSPS) is 10.7. The molecule has 0 fully saturated rings. The molecule has 0 aliphatic carbocycles. The summed E-state index contributed by atoms with van der Waals surface area (Å²) < 4.78 is 1.58. The third-order valence-electron chi connectivity index (χ3n) is 3.20. The van der Waals surface area contributed by atoms with E-state index in [2.05, 4.69) is 20.8 Å². The van der Waals surface area contributed by atoms with Crippen LogP contribution in [0.25, 0.3) is 10.8 Å². The summed E-state index contributed by atoms with van der Waals surface area (Å²) in [5.41, 5.74) is 0.583. The molecule has 0 saturated heterocycles. The highest BCUT2D eigenvalue weighted by Gasteiger charge is 2.11. The van der Waals surface area contributed by atoms with Crippen LogP contribution in [0.5, 0.6) is 0 Å². The minimum atomic E-state index is -0.215. The predicted octanol–water partition coefficient (Wildman–Crippen LogP) is 2.49. The van der Waals surface area contributed by atoms with Gasteiger partial charge in [0.2, 0.25) is 5.95 Å². The fraction of sp³-hybridized carbons (Fsp3) is 0.200. The molecule has 0 saturated carbocycles.